The van der Waals surface area contributed by atoms with Crippen molar-refractivity contribution in [1.82, 2.24) is 0 Å². The maximum Gasteiger partial charge on any atom is 0.416 e. The van der Waals surface area contributed by atoms with Gasteiger partial charge in [-0.3, -0.25) is 5.32 Å². The molecule has 1 amide bonds. The molecule has 1 rings (SSSR count). The minimum atomic E-state index is -4.47. The Kier molecular flexibility index (Phi) is 4.10. The third kappa shape index (κ3) is 4.54. The van der Waals surface area contributed by atoms with Gasteiger partial charge in [0.05, 0.1) is 5.56 Å². The molecule has 0 spiro atoms. The van der Waals surface area contributed by atoms with Crippen molar-refractivity contribution >= 4 is 11.8 Å². The zero-order valence-electron chi connectivity index (χ0n) is 10.3. The Labute approximate surface area is 108 Å². The number of ether oxygens (including phenoxy) is 1. The number of amides is 1. The van der Waals surface area contributed by atoms with Crippen LogP contribution < -0.4 is 5.32 Å². The molecular formula is C13H12F3NO2. The molecule has 19 heavy (non-hydrogen) atoms. The van der Waals surface area contributed by atoms with E-state index in [-0.39, 0.29) is 5.69 Å². The molecule has 0 saturated heterocycles. The highest BCUT2D eigenvalue weighted by molar-refractivity contribution is 5.85. The van der Waals surface area contributed by atoms with E-state index in [9.17, 15) is 18.0 Å². The molecule has 3 nitrogen and oxygen atoms in total. The second-order valence-electron chi connectivity index (χ2n) is 4.25. The molecule has 0 radical (unpaired) electrons. The molecule has 0 atom stereocenters. The van der Waals surface area contributed by atoms with Gasteiger partial charge in [0.15, 0.2) is 5.60 Å². The highest BCUT2D eigenvalue weighted by atomic mass is 19.4. The van der Waals surface area contributed by atoms with Crippen molar-refractivity contribution in [3.8, 4) is 12.3 Å². The van der Waals surface area contributed by atoms with Gasteiger partial charge in [0, 0.05) is 5.69 Å². The van der Waals surface area contributed by atoms with E-state index in [0.29, 0.717) is 0 Å². The lowest BCUT2D eigenvalue weighted by molar-refractivity contribution is -0.137. The lowest BCUT2D eigenvalue weighted by Crippen LogP contribution is -2.29. The van der Waals surface area contributed by atoms with Gasteiger partial charge >= 0.3 is 12.3 Å². The van der Waals surface area contributed by atoms with Crippen molar-refractivity contribution in [2.75, 3.05) is 5.32 Å². The van der Waals surface area contributed by atoms with Crippen molar-refractivity contribution in [3.05, 3.63) is 29.8 Å². The van der Waals surface area contributed by atoms with Crippen LogP contribution in [0.4, 0.5) is 23.7 Å². The highest BCUT2D eigenvalue weighted by Crippen LogP contribution is 2.30. The molecule has 0 aliphatic carbocycles. The van der Waals surface area contributed by atoms with Crippen molar-refractivity contribution in [2.24, 2.45) is 0 Å². The smallest absolute Gasteiger partial charge is 0.416 e. The normalized spacial score (nSPS) is 11.6. The molecule has 1 aromatic carbocycles. The van der Waals surface area contributed by atoms with Crippen LogP contribution in [0, 0.1) is 12.3 Å². The van der Waals surface area contributed by atoms with Gasteiger partial charge < -0.3 is 4.74 Å². The number of halogens is 3. The maximum atomic E-state index is 12.5. The topological polar surface area (TPSA) is 38.3 Å². The molecule has 0 heterocycles. The zero-order valence-corrected chi connectivity index (χ0v) is 10.3. The Bertz CT molecular complexity index is 515. The van der Waals surface area contributed by atoms with Crippen LogP contribution in [0.15, 0.2) is 24.3 Å². The summed E-state index contributed by atoms with van der Waals surface area (Å²) in [5.74, 6) is 2.23. The molecule has 0 aromatic heterocycles. The van der Waals surface area contributed by atoms with Crippen LogP contribution in [0.5, 0.6) is 0 Å². The number of nitrogens with one attached hydrogen (secondary N) is 1. The third-order valence-electron chi connectivity index (χ3n) is 2.13. The van der Waals surface area contributed by atoms with Gasteiger partial charge in [-0.05, 0) is 32.0 Å². The van der Waals surface area contributed by atoms with E-state index in [1.165, 1.54) is 26.0 Å². The van der Waals surface area contributed by atoms with Gasteiger partial charge in [0.1, 0.15) is 0 Å². The van der Waals surface area contributed by atoms with Crippen molar-refractivity contribution in [1.29, 1.82) is 0 Å². The molecule has 0 unspecified atom stereocenters. The lowest BCUT2D eigenvalue weighted by Gasteiger charge is -2.19. The minimum Gasteiger partial charge on any atom is -0.430 e. The summed E-state index contributed by atoms with van der Waals surface area (Å²) >= 11 is 0. The fraction of sp³-hybridized carbons (Fsp3) is 0.308. The number of carbonyl (C=O) groups is 1. The summed E-state index contributed by atoms with van der Waals surface area (Å²) in [6.07, 6.45) is -0.262. The molecule has 1 aromatic rings. The first-order chi connectivity index (χ1) is 8.64. The quantitative estimate of drug-likeness (QED) is 0.833. The molecule has 6 heteroatoms. The van der Waals surface area contributed by atoms with E-state index in [4.69, 9.17) is 11.2 Å². The summed E-state index contributed by atoms with van der Waals surface area (Å²) in [7, 11) is 0. The largest absolute Gasteiger partial charge is 0.430 e. The molecule has 0 aliphatic rings. The fourth-order valence-electron chi connectivity index (χ4n) is 1.18. The highest BCUT2D eigenvalue weighted by Gasteiger charge is 2.30. The van der Waals surface area contributed by atoms with Crippen LogP contribution in [-0.4, -0.2) is 11.7 Å². The Balaban J connectivity index is 2.79. The van der Waals surface area contributed by atoms with Crippen LogP contribution >= 0.6 is 0 Å². The average molecular weight is 271 g/mol. The van der Waals surface area contributed by atoms with Crippen LogP contribution in [0.2, 0.25) is 0 Å². The van der Waals surface area contributed by atoms with Gasteiger partial charge in [-0.1, -0.05) is 12.0 Å². The first kappa shape index (κ1) is 14.9. The molecule has 1 N–H and O–H groups in total. The maximum absolute atomic E-state index is 12.5. The van der Waals surface area contributed by atoms with Crippen LogP contribution in [0.3, 0.4) is 0 Å². The van der Waals surface area contributed by atoms with Crippen LogP contribution in [0.1, 0.15) is 19.4 Å². The molecule has 102 valence electrons. The summed E-state index contributed by atoms with van der Waals surface area (Å²) in [6.45, 7) is 2.97. The Hall–Kier alpha value is -2.16. The van der Waals surface area contributed by atoms with E-state index in [1.54, 1.807) is 0 Å². The van der Waals surface area contributed by atoms with Crippen molar-refractivity contribution in [2.45, 2.75) is 25.6 Å². The Morgan fingerprint density at radius 2 is 2.00 bits per heavy atom. The third-order valence-corrected chi connectivity index (χ3v) is 2.13. The summed E-state index contributed by atoms with van der Waals surface area (Å²) in [5.41, 5.74) is -2.01. The second kappa shape index (κ2) is 5.22. The molecule has 0 aliphatic heterocycles. The molecule has 0 saturated carbocycles. The summed E-state index contributed by atoms with van der Waals surface area (Å²) in [4.78, 5) is 11.4. The number of terminal acetylenes is 1. The first-order valence-electron chi connectivity index (χ1n) is 5.29. The molecular weight excluding hydrogens is 259 g/mol. The van der Waals surface area contributed by atoms with E-state index in [2.05, 4.69) is 11.2 Å². The fourth-order valence-corrected chi connectivity index (χ4v) is 1.18. The minimum absolute atomic E-state index is 0.0207. The molecule has 0 bridgehead atoms. The second-order valence-corrected chi connectivity index (χ2v) is 4.25. The Morgan fingerprint density at radius 3 is 2.53 bits per heavy atom. The number of hydrogen-bond acceptors (Lipinski definition) is 2. The van der Waals surface area contributed by atoms with E-state index in [0.717, 1.165) is 12.1 Å². The van der Waals surface area contributed by atoms with Crippen molar-refractivity contribution in [3.63, 3.8) is 0 Å². The number of hydrogen-bond donors (Lipinski definition) is 1. The monoisotopic (exact) mass is 271 g/mol. The van der Waals surface area contributed by atoms with Gasteiger partial charge in [-0.15, -0.1) is 6.42 Å². The predicted molar refractivity (Wildman–Crippen MR) is 64.5 cm³/mol. The predicted octanol–water partition coefficient (Wildman–Crippen LogP) is 3.67. The van der Waals surface area contributed by atoms with Gasteiger partial charge in [0.25, 0.3) is 0 Å². The van der Waals surface area contributed by atoms with E-state index in [1.807, 2.05) is 0 Å². The van der Waals surface area contributed by atoms with Gasteiger partial charge in [-0.2, -0.15) is 13.2 Å². The van der Waals surface area contributed by atoms with Crippen LogP contribution in [0.25, 0.3) is 0 Å². The van der Waals surface area contributed by atoms with E-state index >= 15 is 0 Å². The lowest BCUT2D eigenvalue weighted by atomic mass is 10.1. The van der Waals surface area contributed by atoms with Gasteiger partial charge in [-0.25, -0.2) is 4.79 Å². The van der Waals surface area contributed by atoms with Crippen LogP contribution in [-0.2, 0) is 10.9 Å². The summed E-state index contributed by atoms with van der Waals surface area (Å²) < 4.78 is 42.2. The SMILES string of the molecule is C#CC(C)(C)OC(=O)Nc1cccc(C(F)(F)F)c1. The zero-order chi connectivity index (χ0) is 14.7. The molecule has 0 fully saturated rings. The Morgan fingerprint density at radius 1 is 1.37 bits per heavy atom. The first-order valence-corrected chi connectivity index (χ1v) is 5.29. The standard InChI is InChI=1S/C13H12F3NO2/c1-4-12(2,3)19-11(18)17-10-7-5-6-9(8-10)13(14,15)16/h1,5-8H,2-3H3,(H,17,18). The number of carbonyl (C=O) groups excluding carboxylic acids is 1. The van der Waals surface area contributed by atoms with E-state index < -0.39 is 23.4 Å². The summed E-state index contributed by atoms with van der Waals surface area (Å²) in [6, 6.07) is 4.22. The van der Waals surface area contributed by atoms with Crippen molar-refractivity contribution < 1.29 is 22.7 Å². The average Bonchev–Trinajstić information content (AvgIpc) is 2.27. The number of benzene rings is 1. The number of alkyl halides is 3. The summed E-state index contributed by atoms with van der Waals surface area (Å²) in [5, 5.41) is 2.19. The van der Waals surface area contributed by atoms with Gasteiger partial charge in [0.2, 0.25) is 0 Å². The number of rotatable bonds is 2. The number of anilines is 1.